The highest BCUT2D eigenvalue weighted by molar-refractivity contribution is 5.78. The highest BCUT2D eigenvalue weighted by atomic mass is 19.4. The summed E-state index contributed by atoms with van der Waals surface area (Å²) in [5.41, 5.74) is -0.258. The molecule has 0 unspecified atom stereocenters. The summed E-state index contributed by atoms with van der Waals surface area (Å²) in [5.74, 6) is 0.0372. The van der Waals surface area contributed by atoms with Gasteiger partial charge >= 0.3 is 6.18 Å². The van der Waals surface area contributed by atoms with Crippen molar-refractivity contribution >= 4 is 11.7 Å². The Morgan fingerprint density at radius 1 is 1.18 bits per heavy atom. The number of halogens is 4. The van der Waals surface area contributed by atoms with Gasteiger partial charge in [-0.05, 0) is 25.0 Å². The maximum atomic E-state index is 13.8. The molecule has 0 radical (unpaired) electrons. The molecule has 1 aromatic carbocycles. The van der Waals surface area contributed by atoms with Gasteiger partial charge < -0.3 is 4.90 Å². The van der Waals surface area contributed by atoms with Crippen molar-refractivity contribution in [1.82, 2.24) is 4.90 Å². The normalized spacial score (nSPS) is 15.5. The minimum Gasteiger partial charge on any atom is -0.341 e. The van der Waals surface area contributed by atoms with E-state index < -0.39 is 11.7 Å². The van der Waals surface area contributed by atoms with E-state index in [1.807, 2.05) is 4.90 Å². The van der Waals surface area contributed by atoms with E-state index in [1.54, 1.807) is 25.2 Å². The van der Waals surface area contributed by atoms with E-state index in [1.165, 1.54) is 17.0 Å². The molecule has 28 heavy (non-hydrogen) atoms. The topological polar surface area (TPSA) is 37.7 Å². The molecule has 1 aliphatic heterocycles. The van der Waals surface area contributed by atoms with Crippen LogP contribution < -0.4 is 9.88 Å². The molecule has 0 bridgehead atoms. The largest absolute Gasteiger partial charge is 0.419 e. The minimum absolute atomic E-state index is 0.0423. The van der Waals surface area contributed by atoms with Crippen LogP contribution in [0.3, 0.4) is 0 Å². The third-order valence-electron chi connectivity index (χ3n) is 5.05. The van der Waals surface area contributed by atoms with Crippen LogP contribution in [-0.4, -0.2) is 30.9 Å². The lowest BCUT2D eigenvalue weighted by atomic mass is 9.95. The predicted molar refractivity (Wildman–Crippen MR) is 95.8 cm³/mol. The Hall–Kier alpha value is -2.64. The summed E-state index contributed by atoms with van der Waals surface area (Å²) < 4.78 is 51.8. The third-order valence-corrected chi connectivity index (χ3v) is 5.05. The molecule has 1 N–H and O–H groups in total. The van der Waals surface area contributed by atoms with Crippen molar-refractivity contribution in [2.45, 2.75) is 25.6 Å². The van der Waals surface area contributed by atoms with Crippen molar-refractivity contribution in [1.29, 1.82) is 0 Å². The van der Waals surface area contributed by atoms with Gasteiger partial charge in [-0.3, -0.25) is 9.69 Å². The number of nitrogens with one attached hydrogen (secondary N) is 1. The van der Waals surface area contributed by atoms with Crippen LogP contribution in [0.5, 0.6) is 0 Å². The summed E-state index contributed by atoms with van der Waals surface area (Å²) in [4.78, 5) is 18.8. The number of carbonyl (C=O) groups is 1. The van der Waals surface area contributed by atoms with E-state index in [9.17, 15) is 22.4 Å². The van der Waals surface area contributed by atoms with Gasteiger partial charge in [0.2, 0.25) is 5.91 Å². The number of piperidine rings is 1. The van der Waals surface area contributed by atoms with Crippen LogP contribution in [-0.2, 0) is 17.5 Å². The third kappa shape index (κ3) is 4.61. The number of alkyl halides is 3. The summed E-state index contributed by atoms with van der Waals surface area (Å²) >= 11 is 0. The lowest BCUT2D eigenvalue weighted by molar-refractivity contribution is -0.367. The number of rotatable bonds is 4. The summed E-state index contributed by atoms with van der Waals surface area (Å²) in [6.07, 6.45) is -2.24. The van der Waals surface area contributed by atoms with Gasteiger partial charge in [-0.15, -0.1) is 0 Å². The zero-order valence-electron chi connectivity index (χ0n) is 15.5. The summed E-state index contributed by atoms with van der Waals surface area (Å²) in [6.45, 7) is 1.33. The Kier molecular flexibility index (Phi) is 5.86. The number of hydrogen-bond donors (Lipinski definition) is 0. The number of aromatic amines is 1. The molecule has 0 saturated carbocycles. The molecule has 1 amide bonds. The molecule has 3 rings (SSSR count). The van der Waals surface area contributed by atoms with Crippen LogP contribution in [0.4, 0.5) is 23.4 Å². The molecule has 1 fully saturated rings. The molecular weight excluding hydrogens is 374 g/mol. The number of hydrogen-bond acceptors (Lipinski definition) is 2. The summed E-state index contributed by atoms with van der Waals surface area (Å²) in [5, 5.41) is 0. The molecule has 150 valence electrons. The van der Waals surface area contributed by atoms with Crippen molar-refractivity contribution < 1.29 is 27.3 Å². The van der Waals surface area contributed by atoms with Gasteiger partial charge in [-0.2, -0.15) is 13.2 Å². The van der Waals surface area contributed by atoms with Crippen LogP contribution in [0.1, 0.15) is 24.0 Å². The number of benzene rings is 1. The molecule has 0 atom stereocenters. The maximum Gasteiger partial charge on any atom is 0.419 e. The van der Waals surface area contributed by atoms with Gasteiger partial charge in [0.25, 0.3) is 5.82 Å². The second-order valence-corrected chi connectivity index (χ2v) is 7.01. The molecule has 4 nitrogen and oxygen atoms in total. The van der Waals surface area contributed by atoms with Crippen LogP contribution in [0, 0.1) is 11.7 Å². The highest BCUT2D eigenvalue weighted by Gasteiger charge is 2.34. The number of pyridine rings is 1. The van der Waals surface area contributed by atoms with Gasteiger partial charge in [0.15, 0.2) is 0 Å². The highest BCUT2D eigenvalue weighted by Crippen LogP contribution is 2.29. The van der Waals surface area contributed by atoms with Gasteiger partial charge in [0, 0.05) is 31.1 Å². The van der Waals surface area contributed by atoms with Gasteiger partial charge in [-0.1, -0.05) is 18.2 Å². The maximum absolute atomic E-state index is 13.8. The summed E-state index contributed by atoms with van der Waals surface area (Å²) in [6, 6.07) is 8.82. The van der Waals surface area contributed by atoms with Crippen molar-refractivity contribution in [2.24, 2.45) is 5.92 Å². The van der Waals surface area contributed by atoms with Crippen LogP contribution >= 0.6 is 0 Å². The Labute approximate surface area is 160 Å². The zero-order chi connectivity index (χ0) is 20.3. The standard InChI is InChI=1S/C20H21F4N3O/c1-26(13-15-4-2-3-5-17(15)21)19(28)14-8-10-27(11-9-14)18-7-6-16(12-25-18)20(22,23)24/h2-7,12,14H,8-11,13H2,1H3/p+1. The Morgan fingerprint density at radius 3 is 2.43 bits per heavy atom. The number of carbonyl (C=O) groups excluding carboxylic acids is 1. The van der Waals surface area contributed by atoms with Gasteiger partial charge in [-0.25, -0.2) is 9.37 Å². The molecule has 1 aromatic heterocycles. The van der Waals surface area contributed by atoms with E-state index in [2.05, 4.69) is 4.98 Å². The Balaban J connectivity index is 1.56. The summed E-state index contributed by atoms with van der Waals surface area (Å²) in [7, 11) is 1.66. The van der Waals surface area contributed by atoms with E-state index >= 15 is 0 Å². The van der Waals surface area contributed by atoms with Crippen LogP contribution in [0.2, 0.25) is 0 Å². The predicted octanol–water partition coefficient (Wildman–Crippen LogP) is 3.53. The van der Waals surface area contributed by atoms with E-state index in [-0.39, 0.29) is 24.2 Å². The lowest BCUT2D eigenvalue weighted by Crippen LogP contribution is -2.42. The average molecular weight is 396 g/mol. The second kappa shape index (κ2) is 8.16. The van der Waals surface area contributed by atoms with E-state index in [0.717, 1.165) is 12.3 Å². The lowest BCUT2D eigenvalue weighted by Gasteiger charge is -2.30. The minimum atomic E-state index is -4.38. The average Bonchev–Trinajstić information content (AvgIpc) is 2.69. The first-order valence-electron chi connectivity index (χ1n) is 9.08. The molecule has 2 heterocycles. The van der Waals surface area contributed by atoms with Crippen molar-refractivity contribution in [3.63, 3.8) is 0 Å². The molecule has 2 aromatic rings. The molecular formula is C20H22F4N3O+. The molecule has 0 aliphatic carbocycles. The zero-order valence-corrected chi connectivity index (χ0v) is 15.5. The first kappa shape index (κ1) is 20.1. The van der Waals surface area contributed by atoms with Crippen molar-refractivity contribution in [3.05, 3.63) is 59.5 Å². The molecule has 1 saturated heterocycles. The van der Waals surface area contributed by atoms with E-state index in [0.29, 0.717) is 37.3 Å². The number of nitrogens with zero attached hydrogens (tertiary/aromatic N) is 2. The first-order valence-corrected chi connectivity index (χ1v) is 9.08. The second-order valence-electron chi connectivity index (χ2n) is 7.01. The van der Waals surface area contributed by atoms with Gasteiger partial charge in [0.05, 0.1) is 18.7 Å². The van der Waals surface area contributed by atoms with Crippen molar-refractivity contribution in [3.8, 4) is 0 Å². The SMILES string of the molecule is CN(Cc1ccccc1F)C(=O)C1CCN(c2ccc(C(F)(F)F)c[nH+]2)CC1. The molecule has 8 heteroatoms. The van der Waals surface area contributed by atoms with Crippen LogP contribution in [0.15, 0.2) is 42.6 Å². The quantitative estimate of drug-likeness (QED) is 0.742. The first-order chi connectivity index (χ1) is 13.3. The van der Waals surface area contributed by atoms with Crippen molar-refractivity contribution in [2.75, 3.05) is 25.0 Å². The fourth-order valence-corrected chi connectivity index (χ4v) is 3.43. The van der Waals surface area contributed by atoms with E-state index in [4.69, 9.17) is 0 Å². The smallest absolute Gasteiger partial charge is 0.341 e. The number of amides is 1. The van der Waals surface area contributed by atoms with Crippen LogP contribution in [0.25, 0.3) is 0 Å². The van der Waals surface area contributed by atoms with Gasteiger partial charge in [0.1, 0.15) is 12.0 Å². The Bertz CT molecular complexity index is 815. The number of anilines is 1. The number of H-pyrrole nitrogens is 1. The molecule has 0 spiro atoms. The Morgan fingerprint density at radius 2 is 1.86 bits per heavy atom. The fraction of sp³-hybridized carbons (Fsp3) is 0.400. The molecule has 1 aliphatic rings. The monoisotopic (exact) mass is 396 g/mol. The fourth-order valence-electron chi connectivity index (χ4n) is 3.43. The number of aromatic nitrogens is 1.